The number of benzene rings is 1. The standard InChI is InChI=1S/C18H24FN3O/c1-22(11-13-6-2-5-9-17(13)23)12-14-10-20-21-18(14)15-7-3-4-8-16(15)19/h3-4,7-8,10,13,17,23H,2,5-6,9,11-12H2,1H3,(H,20,21). The van der Waals surface area contributed by atoms with Crippen LogP contribution in [0.4, 0.5) is 4.39 Å². The fraction of sp³-hybridized carbons (Fsp3) is 0.500. The molecule has 1 heterocycles. The summed E-state index contributed by atoms with van der Waals surface area (Å²) in [5, 5.41) is 17.1. The molecule has 0 bridgehead atoms. The largest absolute Gasteiger partial charge is 0.393 e. The average molecular weight is 317 g/mol. The van der Waals surface area contributed by atoms with E-state index in [9.17, 15) is 9.50 Å². The molecule has 5 heteroatoms. The lowest BCUT2D eigenvalue weighted by Crippen LogP contribution is -2.34. The summed E-state index contributed by atoms with van der Waals surface area (Å²) in [5.74, 6) is 0.0842. The molecule has 4 nitrogen and oxygen atoms in total. The molecule has 1 saturated carbocycles. The molecular formula is C18H24FN3O. The van der Waals surface area contributed by atoms with Crippen molar-refractivity contribution in [3.05, 3.63) is 41.8 Å². The van der Waals surface area contributed by atoms with E-state index in [4.69, 9.17) is 0 Å². The molecule has 1 aliphatic rings. The van der Waals surface area contributed by atoms with E-state index in [0.29, 0.717) is 18.0 Å². The SMILES string of the molecule is CN(Cc1cn[nH]c1-c1ccccc1F)CC1CCCCC1O. The van der Waals surface area contributed by atoms with Gasteiger partial charge in [0, 0.05) is 24.2 Å². The molecule has 3 rings (SSSR count). The molecule has 2 atom stereocenters. The van der Waals surface area contributed by atoms with Crippen LogP contribution in [-0.2, 0) is 6.54 Å². The Labute approximate surface area is 136 Å². The Balaban J connectivity index is 1.69. The maximum atomic E-state index is 14.0. The fourth-order valence-corrected chi connectivity index (χ4v) is 3.48. The topological polar surface area (TPSA) is 52.2 Å². The van der Waals surface area contributed by atoms with E-state index >= 15 is 0 Å². The van der Waals surface area contributed by atoms with E-state index in [1.807, 2.05) is 13.1 Å². The van der Waals surface area contributed by atoms with Crippen LogP contribution in [0.3, 0.4) is 0 Å². The van der Waals surface area contributed by atoms with Crippen molar-refractivity contribution in [2.45, 2.75) is 38.3 Å². The first-order chi connectivity index (χ1) is 11.1. The predicted octanol–water partition coefficient (Wildman–Crippen LogP) is 3.20. The number of aromatic nitrogens is 2. The van der Waals surface area contributed by atoms with Gasteiger partial charge in [-0.25, -0.2) is 4.39 Å². The monoisotopic (exact) mass is 317 g/mol. The van der Waals surface area contributed by atoms with Gasteiger partial charge in [-0.2, -0.15) is 5.10 Å². The minimum Gasteiger partial charge on any atom is -0.393 e. The smallest absolute Gasteiger partial charge is 0.132 e. The van der Waals surface area contributed by atoms with Crippen molar-refractivity contribution >= 4 is 0 Å². The number of halogens is 1. The molecule has 0 spiro atoms. The van der Waals surface area contributed by atoms with Crippen LogP contribution in [0.15, 0.2) is 30.5 Å². The van der Waals surface area contributed by atoms with Crippen LogP contribution in [0.1, 0.15) is 31.2 Å². The van der Waals surface area contributed by atoms with Crippen LogP contribution in [0.5, 0.6) is 0 Å². The summed E-state index contributed by atoms with van der Waals surface area (Å²) in [6.07, 6.45) is 5.88. The first-order valence-electron chi connectivity index (χ1n) is 8.29. The van der Waals surface area contributed by atoms with Crippen LogP contribution >= 0.6 is 0 Å². The number of aliphatic hydroxyl groups excluding tert-OH is 1. The Bertz CT molecular complexity index is 643. The maximum Gasteiger partial charge on any atom is 0.132 e. The molecule has 0 radical (unpaired) electrons. The molecular weight excluding hydrogens is 293 g/mol. The van der Waals surface area contributed by atoms with Crippen LogP contribution in [0, 0.1) is 11.7 Å². The van der Waals surface area contributed by atoms with Crippen molar-refractivity contribution in [3.8, 4) is 11.3 Å². The van der Waals surface area contributed by atoms with Gasteiger partial charge in [-0.15, -0.1) is 0 Å². The number of aliphatic hydroxyl groups is 1. The lowest BCUT2D eigenvalue weighted by Gasteiger charge is -2.31. The number of rotatable bonds is 5. The third-order valence-electron chi connectivity index (χ3n) is 4.72. The molecule has 0 aliphatic heterocycles. The summed E-state index contributed by atoms with van der Waals surface area (Å²) < 4.78 is 14.0. The first kappa shape index (κ1) is 16.1. The van der Waals surface area contributed by atoms with E-state index in [-0.39, 0.29) is 11.9 Å². The second kappa shape index (κ2) is 7.23. The highest BCUT2D eigenvalue weighted by Crippen LogP contribution is 2.27. The molecule has 1 aromatic heterocycles. The minimum absolute atomic E-state index is 0.193. The van der Waals surface area contributed by atoms with Gasteiger partial charge in [-0.1, -0.05) is 25.0 Å². The Hall–Kier alpha value is -1.72. The van der Waals surface area contributed by atoms with Crippen LogP contribution in [0.25, 0.3) is 11.3 Å². The normalized spacial score (nSPS) is 21.7. The number of hydrogen-bond acceptors (Lipinski definition) is 3. The zero-order valence-corrected chi connectivity index (χ0v) is 13.5. The number of H-pyrrole nitrogens is 1. The van der Waals surface area contributed by atoms with Gasteiger partial charge in [-0.05, 0) is 37.9 Å². The van der Waals surface area contributed by atoms with Crippen molar-refractivity contribution in [1.82, 2.24) is 15.1 Å². The summed E-state index contributed by atoms with van der Waals surface area (Å²) in [4.78, 5) is 2.19. The first-order valence-corrected chi connectivity index (χ1v) is 8.29. The van der Waals surface area contributed by atoms with Gasteiger partial charge in [0.1, 0.15) is 5.82 Å². The number of aromatic amines is 1. The van der Waals surface area contributed by atoms with Gasteiger partial charge >= 0.3 is 0 Å². The second-order valence-electron chi connectivity index (χ2n) is 6.56. The number of hydrogen-bond donors (Lipinski definition) is 2. The van der Waals surface area contributed by atoms with E-state index < -0.39 is 0 Å². The van der Waals surface area contributed by atoms with E-state index in [0.717, 1.165) is 37.1 Å². The van der Waals surface area contributed by atoms with Gasteiger partial charge in [0.2, 0.25) is 0 Å². The van der Waals surface area contributed by atoms with Crippen molar-refractivity contribution in [1.29, 1.82) is 0 Å². The highest BCUT2D eigenvalue weighted by molar-refractivity contribution is 5.63. The van der Waals surface area contributed by atoms with Crippen molar-refractivity contribution in [3.63, 3.8) is 0 Å². The van der Waals surface area contributed by atoms with Gasteiger partial charge in [0.15, 0.2) is 0 Å². The zero-order chi connectivity index (χ0) is 16.2. The summed E-state index contributed by atoms with van der Waals surface area (Å²) >= 11 is 0. The average Bonchev–Trinajstić information content (AvgIpc) is 2.98. The summed E-state index contributed by atoms with van der Waals surface area (Å²) in [6.45, 7) is 1.53. The molecule has 23 heavy (non-hydrogen) atoms. The summed E-state index contributed by atoms with van der Waals surface area (Å²) in [5.41, 5.74) is 2.26. The summed E-state index contributed by atoms with van der Waals surface area (Å²) in [6, 6.07) is 6.73. The Morgan fingerprint density at radius 2 is 2.09 bits per heavy atom. The van der Waals surface area contributed by atoms with Gasteiger partial charge in [0.25, 0.3) is 0 Å². The highest BCUT2D eigenvalue weighted by Gasteiger charge is 2.24. The fourth-order valence-electron chi connectivity index (χ4n) is 3.48. The highest BCUT2D eigenvalue weighted by atomic mass is 19.1. The minimum atomic E-state index is -0.247. The van der Waals surface area contributed by atoms with Gasteiger partial charge < -0.3 is 10.0 Å². The lowest BCUT2D eigenvalue weighted by molar-refractivity contribution is 0.0502. The second-order valence-corrected chi connectivity index (χ2v) is 6.56. The lowest BCUT2D eigenvalue weighted by atomic mass is 9.86. The molecule has 2 N–H and O–H groups in total. The third kappa shape index (κ3) is 3.79. The third-order valence-corrected chi connectivity index (χ3v) is 4.72. The van der Waals surface area contributed by atoms with Crippen LogP contribution < -0.4 is 0 Å². The van der Waals surface area contributed by atoms with Crippen molar-refractivity contribution in [2.24, 2.45) is 5.92 Å². The molecule has 2 aromatic rings. The van der Waals surface area contributed by atoms with E-state index in [1.165, 1.54) is 12.5 Å². The van der Waals surface area contributed by atoms with Crippen molar-refractivity contribution in [2.75, 3.05) is 13.6 Å². The molecule has 1 aromatic carbocycles. The predicted molar refractivity (Wildman–Crippen MR) is 88.3 cm³/mol. The molecule has 1 aliphatic carbocycles. The Kier molecular flexibility index (Phi) is 5.08. The molecule has 2 unspecified atom stereocenters. The Morgan fingerprint density at radius 3 is 2.87 bits per heavy atom. The van der Waals surface area contributed by atoms with Crippen molar-refractivity contribution < 1.29 is 9.50 Å². The molecule has 1 fully saturated rings. The quantitative estimate of drug-likeness (QED) is 0.890. The van der Waals surface area contributed by atoms with Gasteiger partial charge in [-0.3, -0.25) is 5.10 Å². The maximum absolute atomic E-state index is 14.0. The van der Waals surface area contributed by atoms with Crippen LogP contribution in [-0.4, -0.2) is 39.9 Å². The Morgan fingerprint density at radius 1 is 1.30 bits per heavy atom. The van der Waals surface area contributed by atoms with E-state index in [2.05, 4.69) is 15.1 Å². The van der Waals surface area contributed by atoms with Gasteiger partial charge in [0.05, 0.1) is 18.0 Å². The van der Waals surface area contributed by atoms with E-state index in [1.54, 1.807) is 18.3 Å². The molecule has 0 amide bonds. The molecule has 124 valence electrons. The molecule has 0 saturated heterocycles. The zero-order valence-electron chi connectivity index (χ0n) is 13.5. The number of nitrogens with one attached hydrogen (secondary N) is 1. The number of nitrogens with zero attached hydrogens (tertiary/aromatic N) is 2. The summed E-state index contributed by atoms with van der Waals surface area (Å²) in [7, 11) is 2.04. The van der Waals surface area contributed by atoms with Crippen LogP contribution in [0.2, 0.25) is 0 Å².